The zero-order valence-electron chi connectivity index (χ0n) is 12.1. The molecule has 2 aromatic rings. The molecule has 3 nitrogen and oxygen atoms in total. The average Bonchev–Trinajstić information content (AvgIpc) is 2.77. The maximum atomic E-state index is 12.8. The number of hydrogen-bond acceptors (Lipinski definition) is 2. The van der Waals surface area contributed by atoms with Crippen molar-refractivity contribution in [2.75, 3.05) is 0 Å². The van der Waals surface area contributed by atoms with Gasteiger partial charge in [0, 0.05) is 12.2 Å². The molecule has 0 atom stereocenters. The Bertz CT molecular complexity index is 618. The Balaban J connectivity index is 2.16. The molecule has 0 aliphatic heterocycles. The van der Waals surface area contributed by atoms with Crippen molar-refractivity contribution < 1.29 is 17.9 Å². The van der Waals surface area contributed by atoms with Gasteiger partial charge in [-0.05, 0) is 32.9 Å². The van der Waals surface area contributed by atoms with Crippen LogP contribution in [-0.2, 0) is 12.8 Å². The van der Waals surface area contributed by atoms with Crippen molar-refractivity contribution in [3.05, 3.63) is 47.5 Å². The summed E-state index contributed by atoms with van der Waals surface area (Å²) in [6.45, 7) is 5.89. The Morgan fingerprint density at radius 2 is 1.90 bits per heavy atom. The van der Waals surface area contributed by atoms with Crippen LogP contribution in [-0.4, -0.2) is 9.55 Å². The summed E-state index contributed by atoms with van der Waals surface area (Å²) >= 11 is 0. The van der Waals surface area contributed by atoms with Gasteiger partial charge in [0.15, 0.2) is 0 Å². The first kappa shape index (κ1) is 15.4. The minimum absolute atomic E-state index is 0.00759. The van der Waals surface area contributed by atoms with E-state index in [-0.39, 0.29) is 18.4 Å². The Kier molecular flexibility index (Phi) is 4.25. The standard InChI is InChI=1S/C15H17F3N2O/c1-10(2)20-8-12(19-11(20)3)9-21-14-7-5-4-6-13(14)15(16,17)18/h4-8,10H,9H2,1-3H3. The average molecular weight is 298 g/mol. The molecule has 1 aromatic heterocycles. The Morgan fingerprint density at radius 3 is 2.48 bits per heavy atom. The lowest BCUT2D eigenvalue weighted by atomic mass is 10.2. The maximum absolute atomic E-state index is 12.8. The molecule has 2 rings (SSSR count). The number of rotatable bonds is 4. The fourth-order valence-corrected chi connectivity index (χ4v) is 2.12. The number of aromatic nitrogens is 2. The lowest BCUT2D eigenvalue weighted by Gasteiger charge is -2.12. The minimum Gasteiger partial charge on any atom is -0.487 e. The SMILES string of the molecule is Cc1nc(COc2ccccc2C(F)(F)F)cn1C(C)C. The number of hydrogen-bond donors (Lipinski definition) is 0. The molecule has 0 radical (unpaired) electrons. The molecule has 6 heteroatoms. The largest absolute Gasteiger partial charge is 0.487 e. The third-order valence-electron chi connectivity index (χ3n) is 3.09. The molecule has 0 spiro atoms. The second kappa shape index (κ2) is 5.79. The number of para-hydroxylation sites is 1. The zero-order chi connectivity index (χ0) is 15.6. The number of aryl methyl sites for hydroxylation is 1. The summed E-state index contributed by atoms with van der Waals surface area (Å²) in [7, 11) is 0. The smallest absolute Gasteiger partial charge is 0.419 e. The third-order valence-corrected chi connectivity index (χ3v) is 3.09. The van der Waals surface area contributed by atoms with Gasteiger partial charge in [0.1, 0.15) is 18.2 Å². The Labute approximate surface area is 121 Å². The molecule has 0 bridgehead atoms. The van der Waals surface area contributed by atoms with Gasteiger partial charge >= 0.3 is 6.18 Å². The summed E-state index contributed by atoms with van der Waals surface area (Å²) in [5.74, 6) is 0.634. The Morgan fingerprint density at radius 1 is 1.24 bits per heavy atom. The van der Waals surface area contributed by atoms with Gasteiger partial charge < -0.3 is 9.30 Å². The summed E-state index contributed by atoms with van der Waals surface area (Å²) in [5.41, 5.74) is -0.164. The van der Waals surface area contributed by atoms with E-state index in [2.05, 4.69) is 4.98 Å². The van der Waals surface area contributed by atoms with E-state index in [4.69, 9.17) is 4.74 Å². The third kappa shape index (κ3) is 3.56. The molecule has 0 amide bonds. The van der Waals surface area contributed by atoms with Crippen molar-refractivity contribution in [3.8, 4) is 5.75 Å². The van der Waals surface area contributed by atoms with E-state index >= 15 is 0 Å². The van der Waals surface area contributed by atoms with Crippen molar-refractivity contribution in [2.24, 2.45) is 0 Å². The van der Waals surface area contributed by atoms with Crippen molar-refractivity contribution in [1.82, 2.24) is 9.55 Å². The van der Waals surface area contributed by atoms with E-state index in [1.54, 1.807) is 6.20 Å². The van der Waals surface area contributed by atoms with Crippen LogP contribution in [0.25, 0.3) is 0 Å². The van der Waals surface area contributed by atoms with Gasteiger partial charge in [0.2, 0.25) is 0 Å². The fourth-order valence-electron chi connectivity index (χ4n) is 2.12. The molecule has 0 aliphatic carbocycles. The zero-order valence-corrected chi connectivity index (χ0v) is 12.1. The van der Waals surface area contributed by atoms with E-state index in [1.165, 1.54) is 18.2 Å². The van der Waals surface area contributed by atoms with Crippen LogP contribution >= 0.6 is 0 Å². The first-order valence-electron chi connectivity index (χ1n) is 6.62. The van der Waals surface area contributed by atoms with E-state index in [0.29, 0.717) is 5.69 Å². The lowest BCUT2D eigenvalue weighted by Crippen LogP contribution is -2.08. The number of benzene rings is 1. The van der Waals surface area contributed by atoms with E-state index in [1.807, 2.05) is 25.3 Å². The van der Waals surface area contributed by atoms with Crippen LogP contribution in [0.15, 0.2) is 30.5 Å². The lowest BCUT2D eigenvalue weighted by molar-refractivity contribution is -0.139. The molecular weight excluding hydrogens is 281 g/mol. The van der Waals surface area contributed by atoms with Crippen molar-refractivity contribution in [1.29, 1.82) is 0 Å². The number of imidazole rings is 1. The van der Waals surface area contributed by atoms with Gasteiger partial charge in [-0.25, -0.2) is 4.98 Å². The summed E-state index contributed by atoms with van der Waals surface area (Å²) in [6, 6.07) is 5.42. The van der Waals surface area contributed by atoms with Gasteiger partial charge in [0.05, 0.1) is 11.3 Å². The quantitative estimate of drug-likeness (QED) is 0.838. The Hall–Kier alpha value is -1.98. The first-order chi connectivity index (χ1) is 9.79. The van der Waals surface area contributed by atoms with Crippen LogP contribution in [0.4, 0.5) is 13.2 Å². The second-order valence-corrected chi connectivity index (χ2v) is 5.06. The van der Waals surface area contributed by atoms with Gasteiger partial charge in [-0.3, -0.25) is 0 Å². The monoisotopic (exact) mass is 298 g/mol. The highest BCUT2D eigenvalue weighted by atomic mass is 19.4. The molecule has 0 saturated carbocycles. The van der Waals surface area contributed by atoms with Gasteiger partial charge in [-0.2, -0.15) is 13.2 Å². The topological polar surface area (TPSA) is 27.1 Å². The summed E-state index contributed by atoms with van der Waals surface area (Å²) < 4.78 is 45.8. The van der Waals surface area contributed by atoms with Crippen LogP contribution in [0, 0.1) is 6.92 Å². The van der Waals surface area contributed by atoms with E-state index < -0.39 is 11.7 Å². The highest BCUT2D eigenvalue weighted by molar-refractivity contribution is 5.35. The molecule has 0 aliphatic rings. The van der Waals surface area contributed by atoms with Crippen LogP contribution in [0.1, 0.15) is 37.0 Å². The van der Waals surface area contributed by atoms with Crippen LogP contribution < -0.4 is 4.74 Å². The van der Waals surface area contributed by atoms with Crippen LogP contribution in [0.2, 0.25) is 0 Å². The summed E-state index contributed by atoms with van der Waals surface area (Å²) in [4.78, 5) is 4.30. The molecule has 0 unspecified atom stereocenters. The van der Waals surface area contributed by atoms with Crippen LogP contribution in [0.5, 0.6) is 5.75 Å². The summed E-state index contributed by atoms with van der Waals surface area (Å²) in [6.07, 6.45) is -2.62. The molecule has 1 aromatic carbocycles. The normalized spacial score (nSPS) is 12.0. The highest BCUT2D eigenvalue weighted by Crippen LogP contribution is 2.36. The van der Waals surface area contributed by atoms with Gasteiger partial charge in [-0.1, -0.05) is 12.1 Å². The fraction of sp³-hybridized carbons (Fsp3) is 0.400. The van der Waals surface area contributed by atoms with Gasteiger partial charge in [0.25, 0.3) is 0 Å². The molecule has 0 fully saturated rings. The molecule has 114 valence electrons. The van der Waals surface area contributed by atoms with Crippen molar-refractivity contribution in [3.63, 3.8) is 0 Å². The molecule has 1 heterocycles. The first-order valence-corrected chi connectivity index (χ1v) is 6.62. The summed E-state index contributed by atoms with van der Waals surface area (Å²) in [5, 5.41) is 0. The van der Waals surface area contributed by atoms with Crippen molar-refractivity contribution in [2.45, 2.75) is 39.6 Å². The predicted octanol–water partition coefficient (Wildman–Crippen LogP) is 4.37. The minimum atomic E-state index is -4.43. The van der Waals surface area contributed by atoms with Crippen LogP contribution in [0.3, 0.4) is 0 Å². The molecular formula is C15H17F3N2O. The van der Waals surface area contributed by atoms with Gasteiger partial charge in [-0.15, -0.1) is 0 Å². The van der Waals surface area contributed by atoms with Crippen molar-refractivity contribution >= 4 is 0 Å². The number of alkyl halides is 3. The number of nitrogens with zero attached hydrogens (tertiary/aromatic N) is 2. The second-order valence-electron chi connectivity index (χ2n) is 5.06. The number of halogens is 3. The van der Waals surface area contributed by atoms with E-state index in [9.17, 15) is 13.2 Å². The van der Waals surface area contributed by atoms with E-state index in [0.717, 1.165) is 11.9 Å². The molecule has 0 saturated heterocycles. The predicted molar refractivity (Wildman–Crippen MR) is 73.1 cm³/mol. The maximum Gasteiger partial charge on any atom is 0.419 e. The molecule has 0 N–H and O–H groups in total. The molecule has 21 heavy (non-hydrogen) atoms. The number of ether oxygens (including phenoxy) is 1. The highest BCUT2D eigenvalue weighted by Gasteiger charge is 2.34.